The molecule has 0 saturated heterocycles. The smallest absolute Gasteiger partial charge is 0.277 e. The second-order valence-corrected chi connectivity index (χ2v) is 7.04. The van der Waals surface area contributed by atoms with Gasteiger partial charge in [-0.2, -0.15) is 5.10 Å². The molecule has 3 aromatic carbocycles. The van der Waals surface area contributed by atoms with E-state index in [1.54, 1.807) is 43.5 Å². The molecule has 1 N–H and O–H groups in total. The van der Waals surface area contributed by atoms with Crippen LogP contribution >= 0.6 is 11.6 Å². The Balaban J connectivity index is 1.54. The average Bonchev–Trinajstić information content (AvgIpc) is 2.78. The number of ether oxygens (including phenoxy) is 3. The standard InChI is InChI=1S/C24H23ClN2O4/c1-17-7-3-4-8-19(17)15-30-22-12-11-18(13-23(22)29-2)14-26-27-24(28)16-31-21-10-6-5-9-20(21)25/h3-14H,15-16H2,1-2H3,(H,27,28)/b26-14+. The van der Waals surface area contributed by atoms with Crippen molar-refractivity contribution in [1.82, 2.24) is 5.43 Å². The highest BCUT2D eigenvalue weighted by Gasteiger charge is 2.07. The Morgan fingerprint density at radius 3 is 2.55 bits per heavy atom. The lowest BCUT2D eigenvalue weighted by molar-refractivity contribution is -0.123. The molecule has 0 aliphatic rings. The molecule has 0 unspecified atom stereocenters. The van der Waals surface area contributed by atoms with Crippen molar-refractivity contribution < 1.29 is 19.0 Å². The summed E-state index contributed by atoms with van der Waals surface area (Å²) in [5, 5.41) is 4.39. The zero-order valence-electron chi connectivity index (χ0n) is 17.3. The molecule has 0 bridgehead atoms. The first-order valence-corrected chi connectivity index (χ1v) is 9.99. The molecule has 3 aromatic rings. The van der Waals surface area contributed by atoms with Gasteiger partial charge in [0.2, 0.25) is 0 Å². The number of nitrogens with one attached hydrogen (secondary N) is 1. The first-order valence-electron chi connectivity index (χ1n) is 9.61. The maximum atomic E-state index is 11.9. The second-order valence-electron chi connectivity index (χ2n) is 6.64. The normalized spacial score (nSPS) is 10.7. The Kier molecular flexibility index (Phi) is 7.90. The lowest BCUT2D eigenvalue weighted by atomic mass is 10.1. The van der Waals surface area contributed by atoms with Crippen molar-refractivity contribution >= 4 is 23.7 Å². The number of hydrazone groups is 1. The van der Waals surface area contributed by atoms with E-state index in [2.05, 4.69) is 10.5 Å². The van der Waals surface area contributed by atoms with E-state index >= 15 is 0 Å². The number of hydrogen-bond acceptors (Lipinski definition) is 5. The van der Waals surface area contributed by atoms with E-state index in [0.29, 0.717) is 28.9 Å². The van der Waals surface area contributed by atoms with Crippen LogP contribution in [0.2, 0.25) is 5.02 Å². The Morgan fingerprint density at radius 1 is 1.00 bits per heavy atom. The van der Waals surface area contributed by atoms with Crippen LogP contribution in [0.4, 0.5) is 0 Å². The van der Waals surface area contributed by atoms with Gasteiger partial charge in [-0.15, -0.1) is 0 Å². The number of benzene rings is 3. The Hall–Kier alpha value is -3.51. The minimum atomic E-state index is -0.402. The first-order chi connectivity index (χ1) is 15.1. The molecule has 160 valence electrons. The fraction of sp³-hybridized carbons (Fsp3) is 0.167. The maximum Gasteiger partial charge on any atom is 0.277 e. The Labute approximate surface area is 186 Å². The number of carbonyl (C=O) groups is 1. The summed E-state index contributed by atoms with van der Waals surface area (Å²) in [5.74, 6) is 1.24. The zero-order valence-corrected chi connectivity index (χ0v) is 18.1. The summed E-state index contributed by atoms with van der Waals surface area (Å²) in [6.45, 7) is 2.29. The van der Waals surface area contributed by atoms with Gasteiger partial charge in [0.15, 0.2) is 18.1 Å². The van der Waals surface area contributed by atoms with Gasteiger partial charge in [-0.25, -0.2) is 5.43 Å². The fourth-order valence-electron chi connectivity index (χ4n) is 2.73. The zero-order chi connectivity index (χ0) is 22.1. The minimum absolute atomic E-state index is 0.198. The van der Waals surface area contributed by atoms with Gasteiger partial charge in [0.05, 0.1) is 18.3 Å². The van der Waals surface area contributed by atoms with Crippen molar-refractivity contribution in [3.8, 4) is 17.2 Å². The van der Waals surface area contributed by atoms with Gasteiger partial charge < -0.3 is 14.2 Å². The Bertz CT molecular complexity index is 1070. The number of aryl methyl sites for hydroxylation is 1. The molecule has 0 radical (unpaired) electrons. The molecular weight excluding hydrogens is 416 g/mol. The summed E-state index contributed by atoms with van der Waals surface area (Å²) in [7, 11) is 1.57. The van der Waals surface area contributed by atoms with E-state index < -0.39 is 5.91 Å². The highest BCUT2D eigenvalue weighted by atomic mass is 35.5. The minimum Gasteiger partial charge on any atom is -0.493 e. The fourth-order valence-corrected chi connectivity index (χ4v) is 2.92. The third-order valence-corrected chi connectivity index (χ3v) is 4.74. The van der Waals surface area contributed by atoms with Crippen LogP contribution in [-0.2, 0) is 11.4 Å². The van der Waals surface area contributed by atoms with E-state index in [9.17, 15) is 4.79 Å². The lowest BCUT2D eigenvalue weighted by Crippen LogP contribution is -2.24. The van der Waals surface area contributed by atoms with Gasteiger partial charge in [-0.3, -0.25) is 4.79 Å². The van der Waals surface area contributed by atoms with Crippen LogP contribution in [0, 0.1) is 6.92 Å². The third kappa shape index (κ3) is 6.49. The monoisotopic (exact) mass is 438 g/mol. The first kappa shape index (κ1) is 22.2. The molecule has 6 nitrogen and oxygen atoms in total. The van der Waals surface area contributed by atoms with Crippen molar-refractivity contribution in [2.75, 3.05) is 13.7 Å². The second kappa shape index (κ2) is 11.0. The maximum absolute atomic E-state index is 11.9. The van der Waals surface area contributed by atoms with Crippen LogP contribution in [0.3, 0.4) is 0 Å². The van der Waals surface area contributed by atoms with E-state index in [1.165, 1.54) is 11.8 Å². The van der Waals surface area contributed by atoms with Crippen molar-refractivity contribution in [3.63, 3.8) is 0 Å². The topological polar surface area (TPSA) is 69.2 Å². The number of para-hydroxylation sites is 1. The Morgan fingerprint density at radius 2 is 1.77 bits per heavy atom. The van der Waals surface area contributed by atoms with Crippen LogP contribution < -0.4 is 19.6 Å². The van der Waals surface area contributed by atoms with E-state index in [0.717, 1.165) is 11.1 Å². The molecule has 0 aliphatic heterocycles. The van der Waals surface area contributed by atoms with Crippen molar-refractivity contribution in [1.29, 1.82) is 0 Å². The van der Waals surface area contributed by atoms with Crippen LogP contribution in [0.15, 0.2) is 71.8 Å². The summed E-state index contributed by atoms with van der Waals surface area (Å²) >= 11 is 5.99. The summed E-state index contributed by atoms with van der Waals surface area (Å²) in [6, 6.07) is 20.4. The summed E-state index contributed by atoms with van der Waals surface area (Å²) in [5.41, 5.74) is 5.43. The molecule has 31 heavy (non-hydrogen) atoms. The van der Waals surface area contributed by atoms with Gasteiger partial charge in [0.25, 0.3) is 5.91 Å². The number of amides is 1. The molecular formula is C24H23ClN2O4. The summed E-state index contributed by atoms with van der Waals surface area (Å²) < 4.78 is 16.7. The number of halogens is 1. The predicted molar refractivity (Wildman–Crippen MR) is 121 cm³/mol. The van der Waals surface area contributed by atoms with Crippen molar-refractivity contribution in [3.05, 3.63) is 88.4 Å². The SMILES string of the molecule is COc1cc(/C=N/NC(=O)COc2ccccc2Cl)ccc1OCc1ccccc1C. The van der Waals surface area contributed by atoms with Crippen molar-refractivity contribution in [2.45, 2.75) is 13.5 Å². The van der Waals surface area contributed by atoms with Gasteiger partial charge in [0, 0.05) is 0 Å². The van der Waals surface area contributed by atoms with Crippen LogP contribution in [0.5, 0.6) is 17.2 Å². The molecule has 1 amide bonds. The van der Waals surface area contributed by atoms with Gasteiger partial charge in [0.1, 0.15) is 12.4 Å². The van der Waals surface area contributed by atoms with Crippen molar-refractivity contribution in [2.24, 2.45) is 5.10 Å². The van der Waals surface area contributed by atoms with Gasteiger partial charge in [-0.05, 0) is 53.9 Å². The van der Waals surface area contributed by atoms with E-state index in [-0.39, 0.29) is 6.61 Å². The number of nitrogens with zero attached hydrogens (tertiary/aromatic N) is 1. The predicted octanol–water partition coefficient (Wildman–Crippen LogP) is 4.77. The van der Waals surface area contributed by atoms with E-state index in [1.807, 2.05) is 37.3 Å². The van der Waals surface area contributed by atoms with Gasteiger partial charge >= 0.3 is 0 Å². The molecule has 0 spiro atoms. The van der Waals surface area contributed by atoms with Crippen LogP contribution in [-0.4, -0.2) is 25.8 Å². The molecule has 7 heteroatoms. The van der Waals surface area contributed by atoms with Crippen LogP contribution in [0.1, 0.15) is 16.7 Å². The molecule has 0 aliphatic carbocycles. The third-order valence-electron chi connectivity index (χ3n) is 4.43. The molecule has 0 aromatic heterocycles. The van der Waals surface area contributed by atoms with E-state index in [4.69, 9.17) is 25.8 Å². The molecule has 0 heterocycles. The molecule has 0 atom stereocenters. The summed E-state index contributed by atoms with van der Waals surface area (Å²) in [4.78, 5) is 11.9. The number of rotatable bonds is 9. The number of carbonyl (C=O) groups excluding carboxylic acids is 1. The van der Waals surface area contributed by atoms with Crippen LogP contribution in [0.25, 0.3) is 0 Å². The number of hydrogen-bond donors (Lipinski definition) is 1. The quantitative estimate of drug-likeness (QED) is 0.386. The largest absolute Gasteiger partial charge is 0.493 e. The number of methoxy groups -OCH3 is 1. The highest BCUT2D eigenvalue weighted by molar-refractivity contribution is 6.32. The molecule has 0 saturated carbocycles. The average molecular weight is 439 g/mol. The lowest BCUT2D eigenvalue weighted by Gasteiger charge is -2.12. The molecule has 0 fully saturated rings. The molecule has 3 rings (SSSR count). The highest BCUT2D eigenvalue weighted by Crippen LogP contribution is 2.28. The summed E-state index contributed by atoms with van der Waals surface area (Å²) in [6.07, 6.45) is 1.51. The van der Waals surface area contributed by atoms with Gasteiger partial charge in [-0.1, -0.05) is 48.0 Å².